The molecule has 9 heteroatoms. The van der Waals surface area contributed by atoms with E-state index in [2.05, 4.69) is 17.6 Å². The molecule has 2 aromatic carbocycles. The van der Waals surface area contributed by atoms with E-state index < -0.39 is 23.9 Å². The van der Waals surface area contributed by atoms with Crippen LogP contribution >= 0.6 is 24.4 Å². The quantitative estimate of drug-likeness (QED) is 0.252. The Kier molecular flexibility index (Phi) is 10.6. The number of hydrogen-bond donors (Lipinski definition) is 2. The fourth-order valence-corrected chi connectivity index (χ4v) is 3.94. The summed E-state index contributed by atoms with van der Waals surface area (Å²) in [6, 6.07) is 10.1. The third kappa shape index (κ3) is 7.47. The number of hydrogen-bond acceptors (Lipinski definition) is 7. The van der Waals surface area contributed by atoms with Gasteiger partial charge in [0.1, 0.15) is 23.7 Å². The number of nitrogens with one attached hydrogen (secondary N) is 2. The fraction of sp³-hybridized carbons (Fsp3) is 0.385. The molecule has 0 bridgehead atoms. The van der Waals surface area contributed by atoms with Gasteiger partial charge in [-0.05, 0) is 56.2 Å². The predicted molar refractivity (Wildman–Crippen MR) is 145 cm³/mol. The van der Waals surface area contributed by atoms with Gasteiger partial charge in [0.25, 0.3) is 0 Å². The molecular weight excluding hydrogens is 484 g/mol. The Morgan fingerprint density at radius 2 is 1.29 bits per heavy atom. The van der Waals surface area contributed by atoms with Crippen LogP contribution < -0.4 is 24.8 Å². The largest absolute Gasteiger partial charge is 0.497 e. The minimum Gasteiger partial charge on any atom is -0.497 e. The summed E-state index contributed by atoms with van der Waals surface area (Å²) in [6.45, 7) is 5.58. The molecule has 0 aliphatic carbocycles. The summed E-state index contributed by atoms with van der Waals surface area (Å²) < 4.78 is 16.1. The van der Waals surface area contributed by atoms with E-state index in [1.807, 2.05) is 18.2 Å². The van der Waals surface area contributed by atoms with Gasteiger partial charge in [-0.15, -0.1) is 0 Å². The number of amides is 2. The number of carbonyl (C=O) groups excluding carboxylic acids is 2. The second-order valence-electron chi connectivity index (χ2n) is 7.94. The molecule has 0 spiro atoms. The van der Waals surface area contributed by atoms with Gasteiger partial charge in [0, 0.05) is 20.9 Å². The van der Waals surface area contributed by atoms with Crippen molar-refractivity contribution in [2.45, 2.75) is 45.7 Å². The van der Waals surface area contributed by atoms with Crippen LogP contribution in [0.25, 0.3) is 0 Å². The Morgan fingerprint density at radius 1 is 0.800 bits per heavy atom. The molecule has 2 aromatic rings. The number of rotatable bonds is 12. The van der Waals surface area contributed by atoms with Gasteiger partial charge in [-0.25, -0.2) is 0 Å². The highest BCUT2D eigenvalue weighted by Crippen LogP contribution is 2.26. The van der Waals surface area contributed by atoms with Crippen LogP contribution in [0.5, 0.6) is 17.2 Å². The summed E-state index contributed by atoms with van der Waals surface area (Å²) in [5, 5.41) is 5.57. The number of aryl methyl sites for hydroxylation is 1. The van der Waals surface area contributed by atoms with Gasteiger partial charge in [0.15, 0.2) is 0 Å². The predicted octanol–water partition coefficient (Wildman–Crippen LogP) is 3.81. The summed E-state index contributed by atoms with van der Waals surface area (Å²) in [7, 11) is 4.68. The van der Waals surface area contributed by atoms with Crippen molar-refractivity contribution in [3.8, 4) is 17.2 Å². The van der Waals surface area contributed by atoms with Crippen LogP contribution in [0.15, 0.2) is 36.4 Å². The molecule has 0 saturated carbocycles. The van der Waals surface area contributed by atoms with E-state index in [9.17, 15) is 9.59 Å². The molecule has 2 atom stereocenters. The maximum Gasteiger partial charge on any atom is 0.229 e. The average molecular weight is 517 g/mol. The van der Waals surface area contributed by atoms with Gasteiger partial charge < -0.3 is 24.8 Å². The molecule has 35 heavy (non-hydrogen) atoms. The minimum absolute atomic E-state index is 0.360. The first-order valence-electron chi connectivity index (χ1n) is 11.2. The van der Waals surface area contributed by atoms with Crippen molar-refractivity contribution in [2.75, 3.05) is 21.3 Å². The second kappa shape index (κ2) is 13.2. The molecule has 0 aliphatic rings. The number of ether oxygens (including phenoxy) is 3. The maximum absolute atomic E-state index is 12.6. The smallest absolute Gasteiger partial charge is 0.229 e. The molecule has 0 saturated heterocycles. The van der Waals surface area contributed by atoms with Crippen molar-refractivity contribution in [1.82, 2.24) is 10.6 Å². The highest BCUT2D eigenvalue weighted by atomic mass is 32.1. The van der Waals surface area contributed by atoms with Crippen LogP contribution in [0.3, 0.4) is 0 Å². The maximum atomic E-state index is 12.6. The standard InChI is InChI=1S/C26H32N2O5S2/c1-7-17-8-10-21(32-5)19(12-17)25(34)15(2)27-23(29)14-24(30)28-16(3)26(35)20-13-18(31-4)9-11-22(20)33-6/h8-13,15-16H,7,14H2,1-6H3,(H,27,29)(H,28,30). The zero-order valence-corrected chi connectivity index (χ0v) is 22.5. The van der Waals surface area contributed by atoms with Crippen LogP contribution in [0, 0.1) is 0 Å². The van der Waals surface area contributed by atoms with Gasteiger partial charge in [0.2, 0.25) is 11.8 Å². The van der Waals surface area contributed by atoms with E-state index in [0.717, 1.165) is 17.5 Å². The monoisotopic (exact) mass is 516 g/mol. The normalized spacial score (nSPS) is 12.2. The topological polar surface area (TPSA) is 85.9 Å². The molecule has 2 N–H and O–H groups in total. The lowest BCUT2D eigenvalue weighted by Gasteiger charge is -2.20. The third-order valence-electron chi connectivity index (χ3n) is 5.47. The Bertz CT molecular complexity index is 1020. The number of thiocarbonyl (C=S) groups is 2. The fourth-order valence-electron chi connectivity index (χ4n) is 3.50. The first-order valence-corrected chi connectivity index (χ1v) is 12.0. The highest BCUT2D eigenvalue weighted by Gasteiger charge is 2.22. The Balaban J connectivity index is 2.00. The van der Waals surface area contributed by atoms with Crippen molar-refractivity contribution in [3.05, 3.63) is 53.1 Å². The summed E-state index contributed by atoms with van der Waals surface area (Å²) in [4.78, 5) is 26.1. The first kappa shape index (κ1) is 28.2. The summed E-state index contributed by atoms with van der Waals surface area (Å²) in [6.07, 6.45) is 0.490. The molecule has 0 aromatic heterocycles. The third-order valence-corrected chi connectivity index (χ3v) is 6.62. The van der Waals surface area contributed by atoms with Crippen molar-refractivity contribution in [1.29, 1.82) is 0 Å². The Morgan fingerprint density at radius 3 is 1.74 bits per heavy atom. The number of benzene rings is 2. The molecule has 0 heterocycles. The molecule has 2 rings (SSSR count). The molecule has 2 unspecified atom stereocenters. The lowest BCUT2D eigenvalue weighted by atomic mass is 10.0. The average Bonchev–Trinajstić information content (AvgIpc) is 2.86. The molecule has 2 amide bonds. The lowest BCUT2D eigenvalue weighted by molar-refractivity contribution is -0.129. The Labute approximate surface area is 217 Å². The van der Waals surface area contributed by atoms with E-state index in [1.54, 1.807) is 53.4 Å². The second-order valence-corrected chi connectivity index (χ2v) is 8.82. The van der Waals surface area contributed by atoms with Crippen molar-refractivity contribution in [3.63, 3.8) is 0 Å². The number of methoxy groups -OCH3 is 3. The van der Waals surface area contributed by atoms with Gasteiger partial charge in [-0.3, -0.25) is 9.59 Å². The molecule has 188 valence electrons. The number of carbonyl (C=O) groups is 2. The molecule has 0 fully saturated rings. The highest BCUT2D eigenvalue weighted by molar-refractivity contribution is 7.81. The van der Waals surface area contributed by atoms with Gasteiger partial charge in [0.05, 0.1) is 33.4 Å². The molecule has 7 nitrogen and oxygen atoms in total. The van der Waals surface area contributed by atoms with Crippen LogP contribution in [0.1, 0.15) is 43.9 Å². The van der Waals surface area contributed by atoms with Crippen LogP contribution in [-0.2, 0) is 16.0 Å². The van der Waals surface area contributed by atoms with Crippen molar-refractivity contribution >= 4 is 46.0 Å². The van der Waals surface area contributed by atoms with Crippen LogP contribution in [-0.4, -0.2) is 55.0 Å². The molecular formula is C26H32N2O5S2. The van der Waals surface area contributed by atoms with Crippen LogP contribution in [0.2, 0.25) is 0 Å². The summed E-state index contributed by atoms with van der Waals surface area (Å²) in [5.41, 5.74) is 2.50. The van der Waals surface area contributed by atoms with E-state index in [0.29, 0.717) is 32.5 Å². The Hall–Kier alpha value is -3.04. The lowest BCUT2D eigenvalue weighted by Crippen LogP contribution is -2.43. The van der Waals surface area contributed by atoms with E-state index in [4.69, 9.17) is 38.6 Å². The molecule has 0 aliphatic heterocycles. The van der Waals surface area contributed by atoms with Crippen molar-refractivity contribution < 1.29 is 23.8 Å². The van der Waals surface area contributed by atoms with E-state index in [1.165, 1.54) is 0 Å². The zero-order valence-electron chi connectivity index (χ0n) is 20.9. The summed E-state index contributed by atoms with van der Waals surface area (Å²) >= 11 is 11.2. The first-order chi connectivity index (χ1) is 16.6. The van der Waals surface area contributed by atoms with Crippen molar-refractivity contribution in [2.24, 2.45) is 0 Å². The van der Waals surface area contributed by atoms with Crippen LogP contribution in [0.4, 0.5) is 0 Å². The summed E-state index contributed by atoms with van der Waals surface area (Å²) in [5.74, 6) is 0.927. The van der Waals surface area contributed by atoms with Gasteiger partial charge in [-0.2, -0.15) is 0 Å². The SMILES string of the molecule is CCc1ccc(OC)c(C(=S)C(C)NC(=O)CC(=O)NC(C)C(=S)c2cc(OC)ccc2OC)c1. The van der Waals surface area contributed by atoms with Gasteiger partial charge >= 0.3 is 0 Å². The van der Waals surface area contributed by atoms with E-state index >= 15 is 0 Å². The zero-order chi connectivity index (χ0) is 26.1. The van der Waals surface area contributed by atoms with Gasteiger partial charge in [-0.1, -0.05) is 37.4 Å². The van der Waals surface area contributed by atoms with E-state index in [-0.39, 0.29) is 6.42 Å². The minimum atomic E-state index is -0.508. The molecule has 0 radical (unpaired) electrons.